The van der Waals surface area contributed by atoms with Gasteiger partial charge in [-0.2, -0.15) is 0 Å². The van der Waals surface area contributed by atoms with Gasteiger partial charge in [-0.15, -0.1) is 0 Å². The lowest BCUT2D eigenvalue weighted by molar-refractivity contribution is -0.0315. The monoisotopic (exact) mass is 144 g/mol. The molecule has 0 saturated heterocycles. The molecule has 0 aliphatic carbocycles. The minimum absolute atomic E-state index is 0.537. The second-order valence-corrected chi connectivity index (χ2v) is 2.52. The topological polar surface area (TPSA) is 40.5 Å². The molecule has 0 fully saturated rings. The second kappa shape index (κ2) is 3.74. The van der Waals surface area contributed by atoms with Crippen LogP contribution in [0.4, 0.5) is 0 Å². The van der Waals surface area contributed by atoms with Gasteiger partial charge in [-0.1, -0.05) is 19.1 Å². The summed E-state index contributed by atoms with van der Waals surface area (Å²) in [6.45, 7) is 5.25. The van der Waals surface area contributed by atoms with Crippen LogP contribution in [0.25, 0.3) is 0 Å². The van der Waals surface area contributed by atoms with Crippen LogP contribution in [0.2, 0.25) is 0 Å². The van der Waals surface area contributed by atoms with Crippen molar-refractivity contribution in [2.24, 2.45) is 0 Å². The normalized spacial score (nSPS) is 20.9. The molecule has 0 spiro atoms. The number of hydrogen-bond donors (Lipinski definition) is 2. The SMILES string of the molecule is CC=CC(O)(CC)C(C)O. The van der Waals surface area contributed by atoms with E-state index < -0.39 is 11.7 Å². The third-order valence-electron chi connectivity index (χ3n) is 1.75. The highest BCUT2D eigenvalue weighted by Crippen LogP contribution is 2.16. The Morgan fingerprint density at radius 1 is 1.60 bits per heavy atom. The van der Waals surface area contributed by atoms with Gasteiger partial charge >= 0.3 is 0 Å². The van der Waals surface area contributed by atoms with Crippen molar-refractivity contribution in [1.82, 2.24) is 0 Å². The first kappa shape index (κ1) is 9.66. The van der Waals surface area contributed by atoms with Crippen molar-refractivity contribution in [3.05, 3.63) is 12.2 Å². The predicted octanol–water partition coefficient (Wildman–Crippen LogP) is 1.08. The van der Waals surface area contributed by atoms with E-state index in [1.165, 1.54) is 0 Å². The standard InChI is InChI=1S/C8H16O2/c1-4-6-8(10,5-2)7(3)9/h4,6-7,9-10H,5H2,1-3H3. The lowest BCUT2D eigenvalue weighted by Gasteiger charge is -2.25. The summed E-state index contributed by atoms with van der Waals surface area (Å²) in [5.41, 5.74) is -1.03. The zero-order valence-electron chi connectivity index (χ0n) is 6.83. The summed E-state index contributed by atoms with van der Waals surface area (Å²) in [5, 5.41) is 18.7. The molecule has 2 atom stereocenters. The lowest BCUT2D eigenvalue weighted by Crippen LogP contribution is -2.37. The molecule has 2 unspecified atom stereocenters. The van der Waals surface area contributed by atoms with Gasteiger partial charge in [-0.05, 0) is 20.3 Å². The van der Waals surface area contributed by atoms with Gasteiger partial charge in [0.05, 0.1) is 6.10 Å². The molecule has 0 aliphatic rings. The highest BCUT2D eigenvalue weighted by Gasteiger charge is 2.26. The summed E-state index contributed by atoms with van der Waals surface area (Å²) in [7, 11) is 0. The Morgan fingerprint density at radius 2 is 2.10 bits per heavy atom. The van der Waals surface area contributed by atoms with E-state index in [4.69, 9.17) is 5.11 Å². The molecule has 0 heterocycles. The maximum Gasteiger partial charge on any atom is 0.108 e. The highest BCUT2D eigenvalue weighted by atomic mass is 16.3. The molecule has 0 aromatic heterocycles. The van der Waals surface area contributed by atoms with E-state index in [2.05, 4.69) is 0 Å². The largest absolute Gasteiger partial charge is 0.390 e. The molecule has 0 aliphatic heterocycles. The number of rotatable bonds is 3. The summed E-state index contributed by atoms with van der Waals surface area (Å²) in [6, 6.07) is 0. The van der Waals surface area contributed by atoms with Gasteiger partial charge < -0.3 is 10.2 Å². The third kappa shape index (κ3) is 2.12. The fourth-order valence-corrected chi connectivity index (χ4v) is 0.841. The minimum atomic E-state index is -1.03. The molecule has 0 radical (unpaired) electrons. The van der Waals surface area contributed by atoms with Gasteiger partial charge in [0.1, 0.15) is 5.60 Å². The first-order chi connectivity index (χ1) is 4.56. The first-order valence-corrected chi connectivity index (χ1v) is 3.61. The van der Waals surface area contributed by atoms with Gasteiger partial charge in [0, 0.05) is 0 Å². The Bertz CT molecular complexity index is 118. The molecule has 0 amide bonds. The molecule has 0 rings (SSSR count). The minimum Gasteiger partial charge on any atom is -0.390 e. The molecule has 0 bridgehead atoms. The van der Waals surface area contributed by atoms with Crippen molar-refractivity contribution in [2.75, 3.05) is 0 Å². The average Bonchev–Trinajstić information content (AvgIpc) is 1.88. The van der Waals surface area contributed by atoms with Crippen molar-refractivity contribution >= 4 is 0 Å². The summed E-state index contributed by atoms with van der Waals surface area (Å²) < 4.78 is 0. The van der Waals surface area contributed by atoms with Crippen LogP contribution in [-0.2, 0) is 0 Å². The number of aliphatic hydroxyl groups excluding tert-OH is 1. The maximum absolute atomic E-state index is 9.56. The lowest BCUT2D eigenvalue weighted by atomic mass is 9.94. The van der Waals surface area contributed by atoms with Gasteiger partial charge in [-0.3, -0.25) is 0 Å². The van der Waals surface area contributed by atoms with E-state index in [1.807, 2.05) is 13.8 Å². The molecule has 0 aromatic carbocycles. The highest BCUT2D eigenvalue weighted by molar-refractivity contribution is 5.02. The molecular formula is C8H16O2. The summed E-state index contributed by atoms with van der Waals surface area (Å²) in [5.74, 6) is 0. The van der Waals surface area contributed by atoms with E-state index >= 15 is 0 Å². The average molecular weight is 144 g/mol. The van der Waals surface area contributed by atoms with Crippen LogP contribution >= 0.6 is 0 Å². The predicted molar refractivity (Wildman–Crippen MR) is 41.7 cm³/mol. The van der Waals surface area contributed by atoms with Crippen molar-refractivity contribution in [1.29, 1.82) is 0 Å². The quantitative estimate of drug-likeness (QED) is 0.582. The van der Waals surface area contributed by atoms with Gasteiger partial charge in [0.25, 0.3) is 0 Å². The zero-order chi connectivity index (χ0) is 8.20. The van der Waals surface area contributed by atoms with Gasteiger partial charge in [0.2, 0.25) is 0 Å². The van der Waals surface area contributed by atoms with Crippen LogP contribution in [0.3, 0.4) is 0 Å². The maximum atomic E-state index is 9.56. The van der Waals surface area contributed by atoms with Crippen LogP contribution in [0, 0.1) is 0 Å². The fourth-order valence-electron chi connectivity index (χ4n) is 0.841. The van der Waals surface area contributed by atoms with Crippen LogP contribution < -0.4 is 0 Å². The first-order valence-electron chi connectivity index (χ1n) is 3.61. The molecule has 0 saturated carbocycles. The van der Waals surface area contributed by atoms with Crippen LogP contribution in [0.5, 0.6) is 0 Å². The second-order valence-electron chi connectivity index (χ2n) is 2.52. The third-order valence-corrected chi connectivity index (χ3v) is 1.75. The zero-order valence-corrected chi connectivity index (χ0v) is 6.83. The molecular weight excluding hydrogens is 128 g/mol. The summed E-state index contributed by atoms with van der Waals surface area (Å²) in [4.78, 5) is 0. The van der Waals surface area contributed by atoms with Crippen molar-refractivity contribution < 1.29 is 10.2 Å². The molecule has 10 heavy (non-hydrogen) atoms. The number of aliphatic hydroxyl groups is 2. The number of allylic oxidation sites excluding steroid dienone is 1. The Hall–Kier alpha value is -0.340. The Balaban J connectivity index is 4.22. The van der Waals surface area contributed by atoms with E-state index in [9.17, 15) is 5.11 Å². The molecule has 2 heteroatoms. The van der Waals surface area contributed by atoms with Crippen molar-refractivity contribution in [3.8, 4) is 0 Å². The molecule has 0 aromatic rings. The summed E-state index contributed by atoms with van der Waals surface area (Å²) >= 11 is 0. The fraction of sp³-hybridized carbons (Fsp3) is 0.750. The smallest absolute Gasteiger partial charge is 0.108 e. The Kier molecular flexibility index (Phi) is 3.61. The van der Waals surface area contributed by atoms with E-state index in [-0.39, 0.29) is 0 Å². The van der Waals surface area contributed by atoms with E-state index in [0.29, 0.717) is 6.42 Å². The molecule has 2 N–H and O–H groups in total. The van der Waals surface area contributed by atoms with Crippen molar-refractivity contribution in [3.63, 3.8) is 0 Å². The van der Waals surface area contributed by atoms with E-state index in [0.717, 1.165) is 0 Å². The van der Waals surface area contributed by atoms with Crippen LogP contribution in [0.1, 0.15) is 27.2 Å². The van der Waals surface area contributed by atoms with Crippen molar-refractivity contribution in [2.45, 2.75) is 38.9 Å². The van der Waals surface area contributed by atoms with Crippen LogP contribution in [0.15, 0.2) is 12.2 Å². The van der Waals surface area contributed by atoms with Crippen LogP contribution in [-0.4, -0.2) is 21.9 Å². The molecule has 2 nitrogen and oxygen atoms in total. The summed E-state index contributed by atoms with van der Waals surface area (Å²) in [6.07, 6.45) is 3.21. The Morgan fingerprint density at radius 3 is 2.20 bits per heavy atom. The van der Waals surface area contributed by atoms with Gasteiger partial charge in [-0.25, -0.2) is 0 Å². The van der Waals surface area contributed by atoms with Gasteiger partial charge in [0.15, 0.2) is 0 Å². The molecule has 60 valence electrons. The number of hydrogen-bond acceptors (Lipinski definition) is 2. The van der Waals surface area contributed by atoms with E-state index in [1.54, 1.807) is 19.1 Å². The Labute approximate surface area is 62.2 Å².